The van der Waals surface area contributed by atoms with Crippen LogP contribution in [0.3, 0.4) is 0 Å². The molecule has 0 fully saturated rings. The fourth-order valence-electron chi connectivity index (χ4n) is 1.87. The number of carbonyl (C=O) groups is 3. The SMILES string of the molecule is CCOC(=O)C(C(=O)OCC)C(=O)c1ncc(C)cc1C. The summed E-state index contributed by atoms with van der Waals surface area (Å²) in [6.07, 6.45) is 1.51. The third kappa shape index (κ3) is 4.11. The number of aromatic nitrogens is 1. The molecule has 0 aromatic carbocycles. The van der Waals surface area contributed by atoms with E-state index in [2.05, 4.69) is 4.98 Å². The normalized spacial score (nSPS) is 10.3. The Bertz CT molecular complexity index is 535. The molecule has 0 bridgehead atoms. The molecule has 21 heavy (non-hydrogen) atoms. The highest BCUT2D eigenvalue weighted by molar-refractivity contribution is 6.20. The van der Waals surface area contributed by atoms with Crippen molar-refractivity contribution in [2.24, 2.45) is 5.92 Å². The molecule has 6 heteroatoms. The molecule has 1 heterocycles. The minimum atomic E-state index is -1.63. The van der Waals surface area contributed by atoms with Crippen LogP contribution in [0.2, 0.25) is 0 Å². The molecule has 1 rings (SSSR count). The molecule has 0 amide bonds. The molecule has 0 atom stereocenters. The van der Waals surface area contributed by atoms with Gasteiger partial charge in [0.1, 0.15) is 5.69 Å². The minimum absolute atomic E-state index is 0.0718. The quantitative estimate of drug-likeness (QED) is 0.450. The van der Waals surface area contributed by atoms with E-state index < -0.39 is 23.6 Å². The van der Waals surface area contributed by atoms with E-state index in [9.17, 15) is 14.4 Å². The lowest BCUT2D eigenvalue weighted by Gasteiger charge is -2.14. The molecule has 1 aromatic heterocycles. The van der Waals surface area contributed by atoms with Crippen molar-refractivity contribution in [1.29, 1.82) is 0 Å². The molecule has 6 nitrogen and oxygen atoms in total. The van der Waals surface area contributed by atoms with Crippen LogP contribution >= 0.6 is 0 Å². The Balaban J connectivity index is 3.15. The van der Waals surface area contributed by atoms with E-state index in [0.717, 1.165) is 5.56 Å². The lowest BCUT2D eigenvalue weighted by molar-refractivity contribution is -0.158. The first kappa shape index (κ1) is 16.8. The van der Waals surface area contributed by atoms with Crippen LogP contribution in [0, 0.1) is 19.8 Å². The number of rotatable bonds is 6. The number of Topliss-reactive ketones (excluding diaryl/α,β-unsaturated/α-hetero) is 1. The lowest BCUT2D eigenvalue weighted by atomic mass is 9.98. The van der Waals surface area contributed by atoms with Crippen molar-refractivity contribution in [3.05, 3.63) is 29.1 Å². The molecule has 0 spiro atoms. The van der Waals surface area contributed by atoms with E-state index >= 15 is 0 Å². The number of nitrogens with zero attached hydrogens (tertiary/aromatic N) is 1. The summed E-state index contributed by atoms with van der Waals surface area (Å²) in [4.78, 5) is 40.2. The van der Waals surface area contributed by atoms with Crippen LogP contribution in [0.25, 0.3) is 0 Å². The third-order valence-corrected chi connectivity index (χ3v) is 2.76. The van der Waals surface area contributed by atoms with Gasteiger partial charge in [-0.1, -0.05) is 6.07 Å². The second-order valence-corrected chi connectivity index (χ2v) is 4.48. The fraction of sp³-hybridized carbons (Fsp3) is 0.467. The molecular weight excluding hydrogens is 274 g/mol. The number of carbonyl (C=O) groups excluding carboxylic acids is 3. The van der Waals surface area contributed by atoms with Crippen LogP contribution in [-0.2, 0) is 19.1 Å². The van der Waals surface area contributed by atoms with Gasteiger partial charge in [0.05, 0.1) is 13.2 Å². The molecule has 0 aliphatic rings. The number of esters is 2. The van der Waals surface area contributed by atoms with Gasteiger partial charge < -0.3 is 9.47 Å². The zero-order chi connectivity index (χ0) is 16.0. The van der Waals surface area contributed by atoms with Crippen LogP contribution in [0.15, 0.2) is 12.3 Å². The van der Waals surface area contributed by atoms with Crippen molar-refractivity contribution < 1.29 is 23.9 Å². The molecular formula is C15H19NO5. The molecule has 114 valence electrons. The standard InChI is InChI=1S/C15H19NO5/c1-5-20-14(18)11(15(19)21-6-2)13(17)12-10(4)7-9(3)8-16-12/h7-8,11H,5-6H2,1-4H3. The Morgan fingerprint density at radius 3 is 2.05 bits per heavy atom. The van der Waals surface area contributed by atoms with Gasteiger partial charge in [-0.05, 0) is 38.8 Å². The van der Waals surface area contributed by atoms with Crippen molar-refractivity contribution in [3.8, 4) is 0 Å². The van der Waals surface area contributed by atoms with Crippen molar-refractivity contribution >= 4 is 17.7 Å². The number of hydrogen-bond donors (Lipinski definition) is 0. The van der Waals surface area contributed by atoms with Crippen LogP contribution in [-0.4, -0.2) is 35.9 Å². The Morgan fingerprint density at radius 2 is 1.62 bits per heavy atom. The number of ketones is 1. The summed E-state index contributed by atoms with van der Waals surface area (Å²) in [5.74, 6) is -4.16. The van der Waals surface area contributed by atoms with Crippen molar-refractivity contribution in [2.45, 2.75) is 27.7 Å². The smallest absolute Gasteiger partial charge is 0.328 e. The summed E-state index contributed by atoms with van der Waals surface area (Å²) in [6, 6.07) is 1.76. The largest absolute Gasteiger partial charge is 0.465 e. The molecule has 0 radical (unpaired) electrons. The third-order valence-electron chi connectivity index (χ3n) is 2.76. The second kappa shape index (κ2) is 7.52. The first-order chi connectivity index (χ1) is 9.92. The van der Waals surface area contributed by atoms with Gasteiger partial charge in [0.15, 0.2) is 0 Å². The van der Waals surface area contributed by atoms with Crippen LogP contribution in [0.5, 0.6) is 0 Å². The molecule has 0 aliphatic heterocycles. The first-order valence-corrected chi connectivity index (χ1v) is 6.73. The zero-order valence-corrected chi connectivity index (χ0v) is 12.6. The van der Waals surface area contributed by atoms with Crippen LogP contribution in [0.1, 0.15) is 35.5 Å². The number of aryl methyl sites for hydroxylation is 2. The number of hydrogen-bond acceptors (Lipinski definition) is 6. The van der Waals surface area contributed by atoms with Gasteiger partial charge in [-0.3, -0.25) is 19.4 Å². The van der Waals surface area contributed by atoms with E-state index in [0.29, 0.717) is 5.56 Å². The maximum Gasteiger partial charge on any atom is 0.328 e. The molecule has 1 aromatic rings. The van der Waals surface area contributed by atoms with Crippen LogP contribution < -0.4 is 0 Å². The highest BCUT2D eigenvalue weighted by atomic mass is 16.6. The predicted molar refractivity (Wildman–Crippen MR) is 74.8 cm³/mol. The summed E-state index contributed by atoms with van der Waals surface area (Å²) in [5.41, 5.74) is 1.55. The monoisotopic (exact) mass is 293 g/mol. The minimum Gasteiger partial charge on any atom is -0.465 e. The molecule has 0 aliphatic carbocycles. The van der Waals surface area contributed by atoms with Gasteiger partial charge in [-0.25, -0.2) is 0 Å². The van der Waals surface area contributed by atoms with Crippen molar-refractivity contribution in [1.82, 2.24) is 4.98 Å². The van der Waals surface area contributed by atoms with Gasteiger partial charge in [-0.2, -0.15) is 0 Å². The lowest BCUT2D eigenvalue weighted by Crippen LogP contribution is -2.35. The van der Waals surface area contributed by atoms with E-state index in [1.165, 1.54) is 6.20 Å². The fourth-order valence-corrected chi connectivity index (χ4v) is 1.87. The van der Waals surface area contributed by atoms with Gasteiger partial charge in [0.2, 0.25) is 11.7 Å². The molecule has 0 N–H and O–H groups in total. The first-order valence-electron chi connectivity index (χ1n) is 6.73. The average Bonchev–Trinajstić information content (AvgIpc) is 2.39. The molecule has 0 saturated carbocycles. The Kier molecular flexibility index (Phi) is 6.02. The van der Waals surface area contributed by atoms with Gasteiger partial charge in [0, 0.05) is 6.20 Å². The van der Waals surface area contributed by atoms with Crippen molar-refractivity contribution in [2.75, 3.05) is 13.2 Å². The maximum absolute atomic E-state index is 12.4. The van der Waals surface area contributed by atoms with Gasteiger partial charge in [0.25, 0.3) is 0 Å². The highest BCUT2D eigenvalue weighted by Crippen LogP contribution is 2.15. The van der Waals surface area contributed by atoms with Crippen molar-refractivity contribution in [3.63, 3.8) is 0 Å². The zero-order valence-electron chi connectivity index (χ0n) is 12.6. The number of ether oxygens (including phenoxy) is 2. The summed E-state index contributed by atoms with van der Waals surface area (Å²) >= 11 is 0. The summed E-state index contributed by atoms with van der Waals surface area (Å²) < 4.78 is 9.58. The summed E-state index contributed by atoms with van der Waals surface area (Å²) in [6.45, 7) is 6.87. The predicted octanol–water partition coefficient (Wildman–Crippen LogP) is 1.62. The van der Waals surface area contributed by atoms with Gasteiger partial charge in [-0.15, -0.1) is 0 Å². The van der Waals surface area contributed by atoms with E-state index in [4.69, 9.17) is 9.47 Å². The van der Waals surface area contributed by atoms with E-state index in [1.807, 2.05) is 6.92 Å². The average molecular weight is 293 g/mol. The molecule has 0 saturated heterocycles. The van der Waals surface area contributed by atoms with Crippen LogP contribution in [0.4, 0.5) is 0 Å². The second-order valence-electron chi connectivity index (χ2n) is 4.48. The Labute approximate surface area is 123 Å². The van der Waals surface area contributed by atoms with Gasteiger partial charge >= 0.3 is 11.9 Å². The molecule has 0 unspecified atom stereocenters. The summed E-state index contributed by atoms with van der Waals surface area (Å²) in [5, 5.41) is 0. The maximum atomic E-state index is 12.4. The summed E-state index contributed by atoms with van der Waals surface area (Å²) in [7, 11) is 0. The Hall–Kier alpha value is -2.24. The van der Waals surface area contributed by atoms with E-state index in [-0.39, 0.29) is 18.9 Å². The number of pyridine rings is 1. The highest BCUT2D eigenvalue weighted by Gasteiger charge is 2.38. The topological polar surface area (TPSA) is 82.6 Å². The van der Waals surface area contributed by atoms with E-state index in [1.54, 1.807) is 26.8 Å². The Morgan fingerprint density at radius 1 is 1.10 bits per heavy atom.